The van der Waals surface area contributed by atoms with Crippen LogP contribution in [0.15, 0.2) is 36.4 Å². The summed E-state index contributed by atoms with van der Waals surface area (Å²) in [6.07, 6.45) is 1.03. The van der Waals surface area contributed by atoms with E-state index in [-0.39, 0.29) is 5.97 Å². The molecule has 0 aliphatic rings. The van der Waals surface area contributed by atoms with Crippen LogP contribution in [-0.2, 0) is 16.0 Å². The molecule has 0 aliphatic heterocycles. The minimum atomic E-state index is -0.200. The van der Waals surface area contributed by atoms with Crippen LogP contribution in [-0.4, -0.2) is 20.2 Å². The zero-order valence-electron chi connectivity index (χ0n) is 12.8. The van der Waals surface area contributed by atoms with Crippen molar-refractivity contribution in [1.29, 1.82) is 0 Å². The van der Waals surface area contributed by atoms with Crippen LogP contribution in [0, 0.1) is 7.14 Å². The van der Waals surface area contributed by atoms with E-state index in [1.165, 1.54) is 7.11 Å². The van der Waals surface area contributed by atoms with Gasteiger partial charge in [0.25, 0.3) is 0 Å². The molecule has 0 fully saturated rings. The Labute approximate surface area is 162 Å². The Morgan fingerprint density at radius 2 is 1.57 bits per heavy atom. The molecule has 0 bridgehead atoms. The van der Waals surface area contributed by atoms with Crippen molar-refractivity contribution < 1.29 is 19.0 Å². The average molecular weight is 538 g/mol. The molecule has 0 aliphatic carbocycles. The van der Waals surface area contributed by atoms with Crippen molar-refractivity contribution in [2.24, 2.45) is 0 Å². The van der Waals surface area contributed by atoms with Crippen LogP contribution < -0.4 is 9.47 Å². The fraction of sp³-hybridized carbons (Fsp3) is 0.235. The summed E-state index contributed by atoms with van der Waals surface area (Å²) in [7, 11) is 3.04. The second-order valence-electron chi connectivity index (χ2n) is 4.74. The highest BCUT2D eigenvalue weighted by Crippen LogP contribution is 2.33. The molecule has 0 radical (unpaired) electrons. The number of halogens is 2. The molecule has 0 unspecified atom stereocenters. The van der Waals surface area contributed by atoms with Crippen molar-refractivity contribution in [2.45, 2.75) is 12.8 Å². The highest BCUT2D eigenvalue weighted by Gasteiger charge is 2.11. The smallest absolute Gasteiger partial charge is 0.305 e. The molecule has 23 heavy (non-hydrogen) atoms. The Kier molecular flexibility index (Phi) is 6.94. The zero-order chi connectivity index (χ0) is 16.8. The first kappa shape index (κ1) is 18.3. The number of rotatable bonds is 6. The van der Waals surface area contributed by atoms with Crippen molar-refractivity contribution in [1.82, 2.24) is 0 Å². The normalized spacial score (nSPS) is 10.3. The van der Waals surface area contributed by atoms with Crippen molar-refractivity contribution in [3.8, 4) is 17.2 Å². The molecule has 0 aromatic heterocycles. The SMILES string of the molecule is COC(=O)CCc1cc(I)c(Oc2ccc(OC)cc2)c(I)c1. The van der Waals surface area contributed by atoms with E-state index in [2.05, 4.69) is 49.9 Å². The van der Waals surface area contributed by atoms with Gasteiger partial charge in [0.2, 0.25) is 0 Å². The summed E-state index contributed by atoms with van der Waals surface area (Å²) < 4.78 is 17.8. The van der Waals surface area contributed by atoms with Crippen LogP contribution in [0.4, 0.5) is 0 Å². The highest BCUT2D eigenvalue weighted by molar-refractivity contribution is 14.1. The second-order valence-corrected chi connectivity index (χ2v) is 7.07. The summed E-state index contributed by atoms with van der Waals surface area (Å²) >= 11 is 4.50. The van der Waals surface area contributed by atoms with Crippen molar-refractivity contribution in [3.63, 3.8) is 0 Å². The molecule has 4 nitrogen and oxygen atoms in total. The van der Waals surface area contributed by atoms with Gasteiger partial charge in [0, 0.05) is 6.42 Å². The Bertz CT molecular complexity index is 660. The number of esters is 1. The van der Waals surface area contributed by atoms with E-state index in [9.17, 15) is 4.79 Å². The van der Waals surface area contributed by atoms with Gasteiger partial charge < -0.3 is 14.2 Å². The minimum Gasteiger partial charge on any atom is -0.497 e. The number of ether oxygens (including phenoxy) is 3. The number of carbonyl (C=O) groups excluding carboxylic acids is 1. The minimum absolute atomic E-state index is 0.200. The molecular formula is C17H16I2O4. The van der Waals surface area contributed by atoms with Gasteiger partial charge >= 0.3 is 5.97 Å². The van der Waals surface area contributed by atoms with Crippen LogP contribution in [0.1, 0.15) is 12.0 Å². The third kappa shape index (κ3) is 5.23. The molecule has 0 saturated heterocycles. The number of methoxy groups -OCH3 is 2. The Morgan fingerprint density at radius 1 is 1.00 bits per heavy atom. The maximum Gasteiger partial charge on any atom is 0.305 e. The van der Waals surface area contributed by atoms with Gasteiger partial charge in [-0.3, -0.25) is 4.79 Å². The summed E-state index contributed by atoms with van der Waals surface area (Å²) in [6, 6.07) is 11.5. The lowest BCUT2D eigenvalue weighted by Crippen LogP contribution is -2.02. The van der Waals surface area contributed by atoms with E-state index in [1.54, 1.807) is 7.11 Å². The zero-order valence-corrected chi connectivity index (χ0v) is 17.1. The third-order valence-corrected chi connectivity index (χ3v) is 4.79. The van der Waals surface area contributed by atoms with E-state index < -0.39 is 0 Å². The molecule has 122 valence electrons. The van der Waals surface area contributed by atoms with Gasteiger partial charge in [-0.25, -0.2) is 0 Å². The van der Waals surface area contributed by atoms with Crippen molar-refractivity contribution in [2.75, 3.05) is 14.2 Å². The van der Waals surface area contributed by atoms with Gasteiger partial charge in [-0.05, 0) is 93.6 Å². The van der Waals surface area contributed by atoms with Crippen LogP contribution in [0.5, 0.6) is 17.2 Å². The maximum absolute atomic E-state index is 11.3. The third-order valence-electron chi connectivity index (χ3n) is 3.18. The molecular weight excluding hydrogens is 522 g/mol. The van der Waals surface area contributed by atoms with Gasteiger partial charge in [0.1, 0.15) is 11.5 Å². The topological polar surface area (TPSA) is 44.8 Å². The molecule has 0 saturated carbocycles. The maximum atomic E-state index is 11.3. The summed E-state index contributed by atoms with van der Waals surface area (Å²) in [5, 5.41) is 0. The van der Waals surface area contributed by atoms with Crippen LogP contribution in [0.3, 0.4) is 0 Å². The largest absolute Gasteiger partial charge is 0.497 e. The molecule has 2 rings (SSSR count). The van der Waals surface area contributed by atoms with Crippen LogP contribution in [0.2, 0.25) is 0 Å². The van der Waals surface area contributed by atoms with E-state index in [0.717, 1.165) is 30.0 Å². The monoisotopic (exact) mass is 538 g/mol. The molecule has 0 amide bonds. The quantitative estimate of drug-likeness (QED) is 0.392. The first-order valence-electron chi connectivity index (χ1n) is 6.90. The number of aryl methyl sites for hydroxylation is 1. The summed E-state index contributed by atoms with van der Waals surface area (Å²) in [5.41, 5.74) is 1.09. The first-order valence-corrected chi connectivity index (χ1v) is 9.06. The summed E-state index contributed by atoms with van der Waals surface area (Å²) in [4.78, 5) is 11.3. The number of hydrogen-bond donors (Lipinski definition) is 0. The molecule has 0 atom stereocenters. The van der Waals surface area contributed by atoms with Crippen molar-refractivity contribution >= 4 is 51.2 Å². The van der Waals surface area contributed by atoms with Gasteiger partial charge in [-0.2, -0.15) is 0 Å². The Balaban J connectivity index is 2.14. The fourth-order valence-electron chi connectivity index (χ4n) is 1.96. The second kappa shape index (κ2) is 8.72. The highest BCUT2D eigenvalue weighted by atomic mass is 127. The fourth-order valence-corrected chi connectivity index (χ4v) is 4.08. The van der Waals surface area contributed by atoms with Crippen LogP contribution >= 0.6 is 45.2 Å². The summed E-state index contributed by atoms with van der Waals surface area (Å²) in [5.74, 6) is 2.16. The summed E-state index contributed by atoms with van der Waals surface area (Å²) in [6.45, 7) is 0. The van der Waals surface area contributed by atoms with Gasteiger partial charge in [-0.1, -0.05) is 0 Å². The molecule has 0 N–H and O–H groups in total. The number of hydrogen-bond acceptors (Lipinski definition) is 4. The molecule has 2 aromatic carbocycles. The predicted molar refractivity (Wildman–Crippen MR) is 105 cm³/mol. The van der Waals surface area contributed by atoms with E-state index in [0.29, 0.717) is 12.8 Å². The Morgan fingerprint density at radius 3 is 2.09 bits per heavy atom. The van der Waals surface area contributed by atoms with Gasteiger partial charge in [0.15, 0.2) is 5.75 Å². The lowest BCUT2D eigenvalue weighted by atomic mass is 10.1. The van der Waals surface area contributed by atoms with Crippen LogP contribution in [0.25, 0.3) is 0 Å². The van der Waals surface area contributed by atoms with Crippen molar-refractivity contribution in [3.05, 3.63) is 49.1 Å². The lowest BCUT2D eigenvalue weighted by molar-refractivity contribution is -0.140. The molecule has 0 heterocycles. The average Bonchev–Trinajstić information content (AvgIpc) is 2.56. The number of benzene rings is 2. The molecule has 0 spiro atoms. The lowest BCUT2D eigenvalue weighted by Gasteiger charge is -2.12. The van der Waals surface area contributed by atoms with Gasteiger partial charge in [-0.15, -0.1) is 0 Å². The van der Waals surface area contributed by atoms with Gasteiger partial charge in [0.05, 0.1) is 21.4 Å². The Hall–Kier alpha value is -1.03. The first-order chi connectivity index (χ1) is 11.0. The standard InChI is InChI=1S/C17H16I2O4/c1-21-12-4-6-13(7-5-12)23-17-14(18)9-11(10-15(17)19)3-8-16(20)22-2/h4-7,9-10H,3,8H2,1-2H3. The van der Waals surface area contributed by atoms with E-state index >= 15 is 0 Å². The molecule has 6 heteroatoms. The van der Waals surface area contributed by atoms with E-state index in [4.69, 9.17) is 9.47 Å². The van der Waals surface area contributed by atoms with E-state index in [1.807, 2.05) is 36.4 Å². The predicted octanol–water partition coefficient (Wildman–Crippen LogP) is 4.80. The molecule has 2 aromatic rings. The number of carbonyl (C=O) groups is 1.